The van der Waals surface area contributed by atoms with Crippen LogP contribution in [0.2, 0.25) is 0 Å². The number of ether oxygens (including phenoxy) is 1. The zero-order valence-corrected chi connectivity index (χ0v) is 14.8. The van der Waals surface area contributed by atoms with Gasteiger partial charge in [-0.25, -0.2) is 9.37 Å². The van der Waals surface area contributed by atoms with Crippen molar-refractivity contribution in [3.05, 3.63) is 66.5 Å². The highest BCUT2D eigenvalue weighted by Crippen LogP contribution is 2.22. The molecule has 1 amide bonds. The van der Waals surface area contributed by atoms with Gasteiger partial charge >= 0.3 is 0 Å². The number of thioether (sulfide) groups is 1. The number of fused-ring (bicyclic) bond motifs is 1. The molecular weight excluding hydrogens is 351 g/mol. The zero-order chi connectivity index (χ0) is 17.9. The van der Waals surface area contributed by atoms with Crippen molar-refractivity contribution in [2.24, 2.45) is 0 Å². The molecule has 1 aromatic heterocycles. The Balaban J connectivity index is 1.26. The van der Waals surface area contributed by atoms with E-state index in [0.29, 0.717) is 24.7 Å². The Morgan fingerprint density at radius 2 is 1.88 bits per heavy atom. The molecule has 4 nitrogen and oxygen atoms in total. The van der Waals surface area contributed by atoms with E-state index >= 15 is 0 Å². The third-order valence-corrected chi connectivity index (χ3v) is 5.23. The van der Waals surface area contributed by atoms with Crippen LogP contribution in [0.25, 0.3) is 10.9 Å². The van der Waals surface area contributed by atoms with E-state index < -0.39 is 0 Å². The maximum atomic E-state index is 12.9. The molecule has 0 unspecified atom stereocenters. The van der Waals surface area contributed by atoms with Gasteiger partial charge in [0.05, 0.1) is 24.4 Å². The lowest BCUT2D eigenvalue weighted by atomic mass is 10.1. The number of halogens is 1. The number of carbonyl (C=O) groups is 1. The summed E-state index contributed by atoms with van der Waals surface area (Å²) < 4.78 is 18.7. The summed E-state index contributed by atoms with van der Waals surface area (Å²) in [6, 6.07) is 17.9. The third kappa shape index (κ3) is 3.80. The van der Waals surface area contributed by atoms with E-state index in [1.165, 1.54) is 23.9 Å². The molecule has 1 aliphatic heterocycles. The molecule has 0 saturated carbocycles. The average molecular weight is 368 g/mol. The standard InChI is InChI=1S/C20H17FN2O2S/c21-15-6-8-17(9-7-15)26-13-20(24)23-11-16(12-23)25-19-10-5-14-3-1-2-4-18(14)22-19/h1-10,16H,11-13H2. The second-order valence-corrected chi connectivity index (χ2v) is 7.17. The van der Waals surface area contributed by atoms with Gasteiger partial charge in [-0.2, -0.15) is 0 Å². The van der Waals surface area contributed by atoms with Gasteiger partial charge in [-0.3, -0.25) is 4.79 Å². The maximum Gasteiger partial charge on any atom is 0.233 e. The molecule has 3 aromatic rings. The van der Waals surface area contributed by atoms with Crippen molar-refractivity contribution in [1.82, 2.24) is 9.88 Å². The molecule has 0 radical (unpaired) electrons. The second-order valence-electron chi connectivity index (χ2n) is 6.12. The quantitative estimate of drug-likeness (QED) is 0.643. The van der Waals surface area contributed by atoms with Crippen molar-refractivity contribution in [1.29, 1.82) is 0 Å². The van der Waals surface area contributed by atoms with Gasteiger partial charge in [0.1, 0.15) is 11.9 Å². The van der Waals surface area contributed by atoms with E-state index in [9.17, 15) is 9.18 Å². The van der Waals surface area contributed by atoms with Crippen LogP contribution >= 0.6 is 11.8 Å². The summed E-state index contributed by atoms with van der Waals surface area (Å²) in [6.07, 6.45) is -0.0246. The summed E-state index contributed by atoms with van der Waals surface area (Å²) in [5.41, 5.74) is 0.896. The van der Waals surface area contributed by atoms with E-state index in [1.54, 1.807) is 17.0 Å². The number of para-hydroxylation sites is 1. The van der Waals surface area contributed by atoms with Crippen LogP contribution < -0.4 is 4.74 Å². The maximum absolute atomic E-state index is 12.9. The number of pyridine rings is 1. The Hall–Kier alpha value is -2.60. The molecule has 26 heavy (non-hydrogen) atoms. The summed E-state index contributed by atoms with van der Waals surface area (Å²) >= 11 is 1.41. The third-order valence-electron chi connectivity index (χ3n) is 4.24. The number of amides is 1. The summed E-state index contributed by atoms with van der Waals surface area (Å²) in [7, 11) is 0. The fourth-order valence-corrected chi connectivity index (χ4v) is 3.57. The van der Waals surface area contributed by atoms with Gasteiger partial charge in [0.2, 0.25) is 11.8 Å². The largest absolute Gasteiger partial charge is 0.471 e. The smallest absolute Gasteiger partial charge is 0.233 e. The molecule has 0 bridgehead atoms. The Morgan fingerprint density at radius 1 is 1.12 bits per heavy atom. The number of hydrogen-bond donors (Lipinski definition) is 0. The minimum absolute atomic E-state index is 0.0246. The monoisotopic (exact) mass is 368 g/mol. The molecule has 1 saturated heterocycles. The minimum atomic E-state index is -0.272. The van der Waals surface area contributed by atoms with Crippen molar-refractivity contribution in [3.63, 3.8) is 0 Å². The number of benzene rings is 2. The average Bonchev–Trinajstić information content (AvgIpc) is 2.63. The van der Waals surface area contributed by atoms with Gasteiger partial charge < -0.3 is 9.64 Å². The summed E-state index contributed by atoms with van der Waals surface area (Å²) in [6.45, 7) is 1.13. The molecule has 1 aliphatic rings. The van der Waals surface area contributed by atoms with E-state index in [2.05, 4.69) is 4.98 Å². The Kier molecular flexibility index (Phi) is 4.75. The number of hydrogen-bond acceptors (Lipinski definition) is 4. The number of rotatable bonds is 5. The van der Waals surface area contributed by atoms with Crippen LogP contribution in [0.4, 0.5) is 4.39 Å². The molecule has 2 heterocycles. The van der Waals surface area contributed by atoms with E-state index in [4.69, 9.17) is 4.74 Å². The fraction of sp³-hybridized carbons (Fsp3) is 0.200. The Labute approximate surface area is 155 Å². The van der Waals surface area contributed by atoms with Gasteiger partial charge in [0.15, 0.2) is 0 Å². The second kappa shape index (κ2) is 7.33. The topological polar surface area (TPSA) is 42.4 Å². The van der Waals surface area contributed by atoms with E-state index in [1.807, 2.05) is 36.4 Å². The Bertz CT molecular complexity index is 927. The van der Waals surface area contributed by atoms with Crippen molar-refractivity contribution < 1.29 is 13.9 Å². The van der Waals surface area contributed by atoms with Crippen LogP contribution in [0.15, 0.2) is 65.6 Å². The lowest BCUT2D eigenvalue weighted by Crippen LogP contribution is -2.56. The number of carbonyl (C=O) groups excluding carboxylic acids is 1. The highest BCUT2D eigenvalue weighted by atomic mass is 32.2. The van der Waals surface area contributed by atoms with Gasteiger partial charge in [0, 0.05) is 16.3 Å². The van der Waals surface area contributed by atoms with Gasteiger partial charge in [0.25, 0.3) is 0 Å². The summed E-state index contributed by atoms with van der Waals surface area (Å²) in [5, 5.41) is 1.07. The summed E-state index contributed by atoms with van der Waals surface area (Å²) in [4.78, 5) is 19.3. The van der Waals surface area contributed by atoms with Crippen LogP contribution in [0.3, 0.4) is 0 Å². The van der Waals surface area contributed by atoms with Crippen molar-refractivity contribution >= 4 is 28.6 Å². The molecule has 0 N–H and O–H groups in total. The predicted octanol–water partition coefficient (Wildman–Crippen LogP) is 3.76. The molecule has 0 spiro atoms. The first kappa shape index (κ1) is 16.8. The zero-order valence-electron chi connectivity index (χ0n) is 14.0. The molecule has 2 aromatic carbocycles. The first-order valence-electron chi connectivity index (χ1n) is 8.36. The number of aromatic nitrogens is 1. The molecule has 6 heteroatoms. The first-order valence-corrected chi connectivity index (χ1v) is 9.34. The highest BCUT2D eigenvalue weighted by Gasteiger charge is 2.32. The molecule has 0 aliphatic carbocycles. The SMILES string of the molecule is O=C(CSc1ccc(F)cc1)N1CC(Oc2ccc3ccccc3n2)C1. The van der Waals surface area contributed by atoms with Gasteiger partial charge in [-0.05, 0) is 36.4 Å². The lowest BCUT2D eigenvalue weighted by molar-refractivity contribution is -0.137. The van der Waals surface area contributed by atoms with Crippen LogP contribution in [-0.4, -0.2) is 40.7 Å². The van der Waals surface area contributed by atoms with Crippen molar-refractivity contribution in [2.75, 3.05) is 18.8 Å². The lowest BCUT2D eigenvalue weighted by Gasteiger charge is -2.38. The number of nitrogens with zero attached hydrogens (tertiary/aromatic N) is 2. The Morgan fingerprint density at radius 3 is 2.69 bits per heavy atom. The molecule has 1 fully saturated rings. The van der Waals surface area contributed by atoms with Crippen molar-refractivity contribution in [2.45, 2.75) is 11.0 Å². The van der Waals surface area contributed by atoms with Crippen LogP contribution in [-0.2, 0) is 4.79 Å². The van der Waals surface area contributed by atoms with E-state index in [0.717, 1.165) is 15.8 Å². The van der Waals surface area contributed by atoms with Gasteiger partial charge in [-0.15, -0.1) is 11.8 Å². The molecule has 132 valence electrons. The molecule has 0 atom stereocenters. The van der Waals surface area contributed by atoms with Crippen LogP contribution in [0.5, 0.6) is 5.88 Å². The van der Waals surface area contributed by atoms with E-state index in [-0.39, 0.29) is 17.8 Å². The first-order chi connectivity index (χ1) is 12.7. The van der Waals surface area contributed by atoms with Crippen LogP contribution in [0, 0.1) is 5.82 Å². The van der Waals surface area contributed by atoms with Gasteiger partial charge in [-0.1, -0.05) is 18.2 Å². The predicted molar refractivity (Wildman–Crippen MR) is 99.9 cm³/mol. The minimum Gasteiger partial charge on any atom is -0.471 e. The highest BCUT2D eigenvalue weighted by molar-refractivity contribution is 8.00. The normalized spacial score (nSPS) is 14.3. The summed E-state index contributed by atoms with van der Waals surface area (Å²) in [5.74, 6) is 0.713. The molecular formula is C20H17FN2O2S. The molecule has 4 rings (SSSR count). The van der Waals surface area contributed by atoms with Crippen molar-refractivity contribution in [3.8, 4) is 5.88 Å². The number of likely N-dealkylation sites (tertiary alicyclic amines) is 1. The fourth-order valence-electron chi connectivity index (χ4n) is 2.77. The van der Waals surface area contributed by atoms with Crippen LogP contribution in [0.1, 0.15) is 0 Å².